The molecule has 0 unspecified atom stereocenters. The molecule has 1 aliphatic rings. The van der Waals surface area contributed by atoms with E-state index in [0.717, 1.165) is 39.8 Å². The zero-order valence-electron chi connectivity index (χ0n) is 19.2. The molecule has 0 radical (unpaired) electrons. The van der Waals surface area contributed by atoms with Crippen LogP contribution in [0.4, 0.5) is 17.2 Å². The summed E-state index contributed by atoms with van der Waals surface area (Å²) in [6.07, 6.45) is 3.89. The number of carbonyl (C=O) groups excluding carboxylic acids is 1. The SMILES string of the molecule is COc1cccc(Cn2cc(CNc3cc4c(c(C)n3)NC(=O)[C@H](C(C)C)N4C)cn2)c1. The van der Waals surface area contributed by atoms with Crippen molar-refractivity contribution in [3.8, 4) is 5.75 Å². The third-order valence-electron chi connectivity index (χ3n) is 5.76. The number of ether oxygens (including phenoxy) is 1. The number of anilines is 3. The average molecular weight is 435 g/mol. The topological polar surface area (TPSA) is 84.3 Å². The van der Waals surface area contributed by atoms with Crippen LogP contribution in [0.25, 0.3) is 0 Å². The van der Waals surface area contributed by atoms with E-state index in [-0.39, 0.29) is 17.9 Å². The Morgan fingerprint density at radius 2 is 2.06 bits per heavy atom. The molecule has 0 saturated carbocycles. The van der Waals surface area contributed by atoms with Crippen LogP contribution in [0.5, 0.6) is 5.75 Å². The van der Waals surface area contributed by atoms with Gasteiger partial charge in [-0.2, -0.15) is 5.10 Å². The van der Waals surface area contributed by atoms with Gasteiger partial charge in [0.25, 0.3) is 0 Å². The number of benzene rings is 1. The maximum Gasteiger partial charge on any atom is 0.247 e. The smallest absolute Gasteiger partial charge is 0.247 e. The maximum atomic E-state index is 12.5. The Balaban J connectivity index is 1.46. The quantitative estimate of drug-likeness (QED) is 0.590. The van der Waals surface area contributed by atoms with Gasteiger partial charge in [0.2, 0.25) is 5.91 Å². The van der Waals surface area contributed by atoms with E-state index in [9.17, 15) is 4.79 Å². The number of hydrogen-bond acceptors (Lipinski definition) is 6. The number of nitrogens with one attached hydrogen (secondary N) is 2. The number of aryl methyl sites for hydroxylation is 1. The molecular weight excluding hydrogens is 404 g/mol. The summed E-state index contributed by atoms with van der Waals surface area (Å²) in [6.45, 7) is 7.31. The van der Waals surface area contributed by atoms with Crippen molar-refractivity contribution in [1.29, 1.82) is 0 Å². The largest absolute Gasteiger partial charge is 0.497 e. The molecular formula is C24H30N6O2. The second kappa shape index (κ2) is 8.90. The molecule has 8 heteroatoms. The predicted molar refractivity (Wildman–Crippen MR) is 126 cm³/mol. The lowest BCUT2D eigenvalue weighted by Crippen LogP contribution is -2.49. The number of amides is 1. The van der Waals surface area contributed by atoms with Crippen molar-refractivity contribution in [3.63, 3.8) is 0 Å². The van der Waals surface area contributed by atoms with E-state index in [1.165, 1.54) is 0 Å². The van der Waals surface area contributed by atoms with Crippen molar-refractivity contribution in [2.75, 3.05) is 29.7 Å². The molecule has 8 nitrogen and oxygen atoms in total. The molecule has 1 aliphatic heterocycles. The van der Waals surface area contributed by atoms with Gasteiger partial charge < -0.3 is 20.3 Å². The van der Waals surface area contributed by atoms with Crippen molar-refractivity contribution in [2.24, 2.45) is 5.92 Å². The molecule has 3 aromatic rings. The second-order valence-electron chi connectivity index (χ2n) is 8.53. The fraction of sp³-hybridized carbons (Fsp3) is 0.375. The molecule has 168 valence electrons. The summed E-state index contributed by atoms with van der Waals surface area (Å²) >= 11 is 0. The van der Waals surface area contributed by atoms with E-state index in [1.807, 2.05) is 60.2 Å². The van der Waals surface area contributed by atoms with Gasteiger partial charge in [0.05, 0.1) is 36.9 Å². The summed E-state index contributed by atoms with van der Waals surface area (Å²) in [5.74, 6) is 1.83. The van der Waals surface area contributed by atoms with E-state index >= 15 is 0 Å². The highest BCUT2D eigenvalue weighted by atomic mass is 16.5. The van der Waals surface area contributed by atoms with Crippen molar-refractivity contribution in [2.45, 2.75) is 39.9 Å². The standard InChI is InChI=1S/C24H30N6O2/c1-15(2)23-24(31)28-22-16(3)27-21(10-20(22)29(23)4)25-11-18-12-26-30(14-18)13-17-7-6-8-19(9-17)32-5/h6-10,12,14-15,23H,11,13H2,1-5H3,(H,25,27)(H,28,31)/t23-/m0/s1. The molecule has 32 heavy (non-hydrogen) atoms. The Morgan fingerprint density at radius 1 is 1.25 bits per heavy atom. The van der Waals surface area contributed by atoms with E-state index in [4.69, 9.17) is 4.74 Å². The first-order valence-corrected chi connectivity index (χ1v) is 10.8. The molecule has 3 heterocycles. The van der Waals surface area contributed by atoms with Crippen LogP contribution in [0.3, 0.4) is 0 Å². The van der Waals surface area contributed by atoms with Crippen LogP contribution in [0.2, 0.25) is 0 Å². The minimum atomic E-state index is -0.202. The second-order valence-corrected chi connectivity index (χ2v) is 8.53. The van der Waals surface area contributed by atoms with Gasteiger partial charge in [-0.15, -0.1) is 0 Å². The average Bonchev–Trinajstić information content (AvgIpc) is 3.20. The lowest BCUT2D eigenvalue weighted by Gasteiger charge is -2.38. The summed E-state index contributed by atoms with van der Waals surface area (Å²) in [5, 5.41) is 10.9. The maximum absolute atomic E-state index is 12.5. The first-order chi connectivity index (χ1) is 15.4. The summed E-state index contributed by atoms with van der Waals surface area (Å²) in [6, 6.07) is 9.78. The fourth-order valence-corrected chi connectivity index (χ4v) is 4.19. The van der Waals surface area contributed by atoms with Crippen LogP contribution < -0.4 is 20.3 Å². The van der Waals surface area contributed by atoms with Crippen molar-refractivity contribution in [3.05, 3.63) is 59.5 Å². The van der Waals surface area contributed by atoms with Crippen LogP contribution in [0.1, 0.15) is 30.7 Å². The van der Waals surface area contributed by atoms with E-state index in [2.05, 4.69) is 40.6 Å². The highest BCUT2D eigenvalue weighted by Gasteiger charge is 2.34. The monoisotopic (exact) mass is 434 g/mol. The number of nitrogens with zero attached hydrogens (tertiary/aromatic N) is 4. The summed E-state index contributed by atoms with van der Waals surface area (Å²) in [5.41, 5.74) is 4.75. The van der Waals surface area contributed by atoms with Crippen LogP contribution in [0.15, 0.2) is 42.7 Å². The summed E-state index contributed by atoms with van der Waals surface area (Å²) in [7, 11) is 3.63. The lowest BCUT2D eigenvalue weighted by atomic mass is 9.98. The number of rotatable bonds is 7. The number of methoxy groups -OCH3 is 1. The molecule has 0 fully saturated rings. The van der Waals surface area contributed by atoms with Gasteiger partial charge >= 0.3 is 0 Å². The Morgan fingerprint density at radius 3 is 2.81 bits per heavy atom. The number of fused-ring (bicyclic) bond motifs is 1. The van der Waals surface area contributed by atoms with Gasteiger partial charge in [0, 0.05) is 31.4 Å². The zero-order chi connectivity index (χ0) is 22.8. The first-order valence-electron chi connectivity index (χ1n) is 10.8. The molecule has 0 spiro atoms. The highest BCUT2D eigenvalue weighted by Crippen LogP contribution is 2.36. The van der Waals surface area contributed by atoms with E-state index < -0.39 is 0 Å². The van der Waals surface area contributed by atoms with Gasteiger partial charge in [0.1, 0.15) is 17.6 Å². The number of hydrogen-bond donors (Lipinski definition) is 2. The van der Waals surface area contributed by atoms with Crippen LogP contribution in [-0.4, -0.2) is 40.9 Å². The molecule has 4 rings (SSSR count). The molecule has 0 saturated heterocycles. The van der Waals surface area contributed by atoms with Crippen LogP contribution in [0, 0.1) is 12.8 Å². The summed E-state index contributed by atoms with van der Waals surface area (Å²) in [4.78, 5) is 19.2. The Kier molecular flexibility index (Phi) is 6.03. The van der Waals surface area contributed by atoms with Crippen LogP contribution in [-0.2, 0) is 17.9 Å². The van der Waals surface area contributed by atoms with E-state index in [0.29, 0.717) is 13.1 Å². The lowest BCUT2D eigenvalue weighted by molar-refractivity contribution is -0.118. The highest BCUT2D eigenvalue weighted by molar-refractivity contribution is 6.04. The summed E-state index contributed by atoms with van der Waals surface area (Å²) < 4.78 is 7.20. The Labute approximate surface area is 188 Å². The molecule has 1 aromatic carbocycles. The van der Waals surface area contributed by atoms with Crippen LogP contribution >= 0.6 is 0 Å². The number of pyridine rings is 1. The minimum Gasteiger partial charge on any atom is -0.497 e. The molecule has 0 bridgehead atoms. The van der Waals surface area contributed by atoms with Crippen molar-refractivity contribution >= 4 is 23.1 Å². The van der Waals surface area contributed by atoms with E-state index in [1.54, 1.807) is 7.11 Å². The normalized spacial score (nSPS) is 15.5. The van der Waals surface area contributed by atoms with Gasteiger partial charge in [0.15, 0.2) is 0 Å². The Bertz CT molecular complexity index is 1120. The van der Waals surface area contributed by atoms with Gasteiger partial charge in [-0.3, -0.25) is 9.48 Å². The molecule has 2 N–H and O–H groups in total. The third-order valence-corrected chi connectivity index (χ3v) is 5.76. The van der Waals surface area contributed by atoms with Gasteiger partial charge in [-0.1, -0.05) is 26.0 Å². The molecule has 2 aromatic heterocycles. The number of likely N-dealkylation sites (N-methyl/N-ethyl adjacent to an activating group) is 1. The molecule has 1 amide bonds. The minimum absolute atomic E-state index is 0.0176. The third kappa shape index (κ3) is 4.39. The number of aromatic nitrogens is 3. The van der Waals surface area contributed by atoms with Crippen molar-refractivity contribution in [1.82, 2.24) is 14.8 Å². The Hall–Kier alpha value is -3.55. The molecule has 0 aliphatic carbocycles. The number of carbonyl (C=O) groups is 1. The van der Waals surface area contributed by atoms with Gasteiger partial charge in [-0.25, -0.2) is 4.98 Å². The zero-order valence-corrected chi connectivity index (χ0v) is 19.2. The first kappa shape index (κ1) is 21.7. The fourth-order valence-electron chi connectivity index (χ4n) is 4.19. The molecule has 1 atom stereocenters. The van der Waals surface area contributed by atoms with Crippen molar-refractivity contribution < 1.29 is 9.53 Å². The predicted octanol–water partition coefficient (Wildman–Crippen LogP) is 3.67. The van der Waals surface area contributed by atoms with Gasteiger partial charge in [-0.05, 0) is 30.5 Å².